The van der Waals surface area contributed by atoms with E-state index in [1.54, 1.807) is 18.2 Å². The summed E-state index contributed by atoms with van der Waals surface area (Å²) in [4.78, 5) is 37.0. The van der Waals surface area contributed by atoms with Crippen molar-refractivity contribution in [2.75, 3.05) is 17.2 Å². The highest BCUT2D eigenvalue weighted by molar-refractivity contribution is 9.10. The van der Waals surface area contributed by atoms with Crippen molar-refractivity contribution in [1.82, 2.24) is 5.32 Å². The molecule has 8 heteroatoms. The number of amides is 3. The molecule has 0 aliphatic heterocycles. The van der Waals surface area contributed by atoms with Crippen LogP contribution in [0.25, 0.3) is 0 Å². The van der Waals surface area contributed by atoms with Gasteiger partial charge in [0.25, 0.3) is 5.91 Å². The molecule has 2 aromatic rings. The molecule has 1 heterocycles. The standard InChI is InChI=1S/C20H24BrN3O3S/c1-12-11-16(24-19(27)20(2,3)4)28-17(12)18(26)22-10-9-15(25)23-14-7-5-13(21)6-8-14/h5-8,11H,9-10H2,1-4H3,(H,22,26)(H,23,25)(H,24,27). The van der Waals surface area contributed by atoms with Gasteiger partial charge in [-0.3, -0.25) is 14.4 Å². The number of benzene rings is 1. The molecule has 0 atom stereocenters. The van der Waals surface area contributed by atoms with Gasteiger partial charge in [-0.1, -0.05) is 36.7 Å². The number of aryl methyl sites for hydroxylation is 1. The maximum Gasteiger partial charge on any atom is 0.261 e. The van der Waals surface area contributed by atoms with Crippen LogP contribution in [0.5, 0.6) is 0 Å². The molecule has 1 aromatic carbocycles. The Morgan fingerprint density at radius 2 is 1.71 bits per heavy atom. The zero-order valence-corrected chi connectivity index (χ0v) is 18.7. The SMILES string of the molecule is Cc1cc(NC(=O)C(C)(C)C)sc1C(=O)NCCC(=O)Nc1ccc(Br)cc1. The Bertz CT molecular complexity index is 870. The van der Waals surface area contributed by atoms with E-state index in [2.05, 4.69) is 31.9 Å². The Morgan fingerprint density at radius 1 is 1.07 bits per heavy atom. The van der Waals surface area contributed by atoms with E-state index in [1.807, 2.05) is 39.8 Å². The molecule has 150 valence electrons. The first kappa shape index (κ1) is 22.1. The van der Waals surface area contributed by atoms with Gasteiger partial charge >= 0.3 is 0 Å². The average Bonchev–Trinajstić information content (AvgIpc) is 2.96. The third-order valence-corrected chi connectivity index (χ3v) is 5.49. The molecular formula is C20H24BrN3O3S. The van der Waals surface area contributed by atoms with Crippen LogP contribution >= 0.6 is 27.3 Å². The lowest BCUT2D eigenvalue weighted by Gasteiger charge is -2.16. The van der Waals surface area contributed by atoms with Crippen molar-refractivity contribution < 1.29 is 14.4 Å². The van der Waals surface area contributed by atoms with Crippen molar-refractivity contribution in [1.29, 1.82) is 0 Å². The molecule has 0 aliphatic rings. The molecule has 6 nitrogen and oxygen atoms in total. The molecule has 0 aliphatic carbocycles. The van der Waals surface area contributed by atoms with Crippen LogP contribution in [-0.2, 0) is 9.59 Å². The molecule has 3 amide bonds. The second kappa shape index (κ2) is 9.34. The predicted molar refractivity (Wildman–Crippen MR) is 117 cm³/mol. The van der Waals surface area contributed by atoms with Crippen LogP contribution in [0.1, 0.15) is 42.4 Å². The highest BCUT2D eigenvalue weighted by Crippen LogP contribution is 2.28. The molecule has 3 N–H and O–H groups in total. The fraction of sp³-hybridized carbons (Fsp3) is 0.350. The molecular weight excluding hydrogens is 442 g/mol. The van der Waals surface area contributed by atoms with Gasteiger partial charge in [0.05, 0.1) is 9.88 Å². The number of hydrogen-bond donors (Lipinski definition) is 3. The van der Waals surface area contributed by atoms with Crippen LogP contribution in [0, 0.1) is 12.3 Å². The van der Waals surface area contributed by atoms with Crippen molar-refractivity contribution in [2.45, 2.75) is 34.1 Å². The molecule has 0 spiro atoms. The van der Waals surface area contributed by atoms with E-state index in [-0.39, 0.29) is 30.7 Å². The molecule has 0 fully saturated rings. The fourth-order valence-corrected chi connectivity index (χ4v) is 3.44. The summed E-state index contributed by atoms with van der Waals surface area (Å²) in [6.45, 7) is 7.53. The summed E-state index contributed by atoms with van der Waals surface area (Å²) in [6, 6.07) is 9.05. The quantitative estimate of drug-likeness (QED) is 0.583. The number of thiophene rings is 1. The average molecular weight is 466 g/mol. The number of nitrogens with one attached hydrogen (secondary N) is 3. The van der Waals surface area contributed by atoms with Gasteiger partial charge in [0.2, 0.25) is 11.8 Å². The van der Waals surface area contributed by atoms with E-state index in [1.165, 1.54) is 11.3 Å². The minimum atomic E-state index is -0.511. The van der Waals surface area contributed by atoms with Crippen molar-refractivity contribution in [3.63, 3.8) is 0 Å². The van der Waals surface area contributed by atoms with E-state index in [9.17, 15) is 14.4 Å². The van der Waals surface area contributed by atoms with E-state index in [4.69, 9.17) is 0 Å². The molecule has 0 bridgehead atoms. The van der Waals surface area contributed by atoms with Gasteiger partial charge in [-0.15, -0.1) is 11.3 Å². The third kappa shape index (κ3) is 6.45. The topological polar surface area (TPSA) is 87.3 Å². The molecule has 0 radical (unpaired) electrons. The lowest BCUT2D eigenvalue weighted by Crippen LogP contribution is -2.27. The lowest BCUT2D eigenvalue weighted by molar-refractivity contribution is -0.123. The molecule has 0 saturated carbocycles. The first-order valence-corrected chi connectivity index (χ1v) is 10.4. The Morgan fingerprint density at radius 3 is 2.32 bits per heavy atom. The Labute approximate surface area is 177 Å². The number of carbonyl (C=O) groups excluding carboxylic acids is 3. The molecule has 0 unspecified atom stereocenters. The number of rotatable bonds is 6. The van der Waals surface area contributed by atoms with E-state index in [0.29, 0.717) is 15.6 Å². The maximum atomic E-state index is 12.4. The summed E-state index contributed by atoms with van der Waals surface area (Å²) in [6.07, 6.45) is 0.167. The minimum absolute atomic E-state index is 0.106. The summed E-state index contributed by atoms with van der Waals surface area (Å²) < 4.78 is 0.933. The summed E-state index contributed by atoms with van der Waals surface area (Å²) in [5.74, 6) is -0.538. The van der Waals surface area contributed by atoms with Crippen LogP contribution in [0.2, 0.25) is 0 Å². The zero-order chi connectivity index (χ0) is 20.9. The monoisotopic (exact) mass is 465 g/mol. The molecule has 28 heavy (non-hydrogen) atoms. The van der Waals surface area contributed by atoms with E-state index in [0.717, 1.165) is 10.0 Å². The van der Waals surface area contributed by atoms with Gasteiger partial charge in [-0.2, -0.15) is 0 Å². The summed E-state index contributed by atoms with van der Waals surface area (Å²) in [7, 11) is 0. The van der Waals surface area contributed by atoms with E-state index >= 15 is 0 Å². The van der Waals surface area contributed by atoms with Crippen molar-refractivity contribution in [2.24, 2.45) is 5.41 Å². The van der Waals surface area contributed by atoms with Crippen LogP contribution in [-0.4, -0.2) is 24.3 Å². The third-order valence-electron chi connectivity index (χ3n) is 3.81. The molecule has 0 saturated heterocycles. The zero-order valence-electron chi connectivity index (χ0n) is 16.3. The van der Waals surface area contributed by atoms with Gasteiger partial charge in [-0.25, -0.2) is 0 Å². The van der Waals surface area contributed by atoms with E-state index < -0.39 is 5.41 Å². The number of hydrogen-bond acceptors (Lipinski definition) is 4. The van der Waals surface area contributed by atoms with Gasteiger partial charge in [0.1, 0.15) is 0 Å². The van der Waals surface area contributed by atoms with Crippen molar-refractivity contribution >= 4 is 55.7 Å². The lowest BCUT2D eigenvalue weighted by atomic mass is 9.96. The largest absolute Gasteiger partial charge is 0.351 e. The highest BCUT2D eigenvalue weighted by Gasteiger charge is 2.23. The van der Waals surface area contributed by atoms with Crippen molar-refractivity contribution in [3.05, 3.63) is 45.2 Å². The second-order valence-electron chi connectivity index (χ2n) is 7.39. The maximum absolute atomic E-state index is 12.4. The number of anilines is 2. The summed E-state index contributed by atoms with van der Waals surface area (Å²) in [5, 5.41) is 9.00. The Kier molecular flexibility index (Phi) is 7.37. The van der Waals surface area contributed by atoms with Gasteiger partial charge in [0, 0.05) is 28.5 Å². The Hall–Kier alpha value is -2.19. The van der Waals surface area contributed by atoms with Gasteiger partial charge < -0.3 is 16.0 Å². The van der Waals surface area contributed by atoms with Gasteiger partial charge in [-0.05, 0) is 42.8 Å². The highest BCUT2D eigenvalue weighted by atomic mass is 79.9. The van der Waals surface area contributed by atoms with Crippen LogP contribution in [0.15, 0.2) is 34.8 Å². The van der Waals surface area contributed by atoms with Gasteiger partial charge in [0.15, 0.2) is 0 Å². The minimum Gasteiger partial charge on any atom is -0.351 e. The van der Waals surface area contributed by atoms with Crippen LogP contribution < -0.4 is 16.0 Å². The number of halogens is 1. The molecule has 2 rings (SSSR count). The first-order chi connectivity index (χ1) is 13.1. The van der Waals surface area contributed by atoms with Crippen LogP contribution in [0.3, 0.4) is 0 Å². The smallest absolute Gasteiger partial charge is 0.261 e. The molecule has 1 aromatic heterocycles. The second-order valence-corrected chi connectivity index (χ2v) is 9.36. The first-order valence-electron chi connectivity index (χ1n) is 8.82. The predicted octanol–water partition coefficient (Wildman–Crippen LogP) is 4.56. The van der Waals surface area contributed by atoms with Crippen LogP contribution in [0.4, 0.5) is 10.7 Å². The normalized spacial score (nSPS) is 11.0. The summed E-state index contributed by atoms with van der Waals surface area (Å²) >= 11 is 4.57. The summed E-state index contributed by atoms with van der Waals surface area (Å²) in [5.41, 5.74) is 0.974. The fourth-order valence-electron chi connectivity index (χ4n) is 2.20. The Balaban J connectivity index is 1.85. The number of carbonyl (C=O) groups is 3. The van der Waals surface area contributed by atoms with Crippen molar-refractivity contribution in [3.8, 4) is 0 Å².